The molecule has 0 saturated heterocycles. The van der Waals surface area contributed by atoms with Gasteiger partial charge in [-0.2, -0.15) is 0 Å². The van der Waals surface area contributed by atoms with E-state index < -0.39 is 0 Å². The Hall–Kier alpha value is -1.07. The summed E-state index contributed by atoms with van der Waals surface area (Å²) in [6.07, 6.45) is 3.05. The maximum atomic E-state index is 11.7. The standard InChI is InChI=1S/C13H21N3OS/c1-13(2,3)7-4-5-8-9(6-7)18-11(14)10(8)12(17)16-15/h7H,4-6,14-15H2,1-3H3,(H,16,17). The van der Waals surface area contributed by atoms with Crippen molar-refractivity contribution in [2.75, 3.05) is 5.73 Å². The first-order valence-corrected chi connectivity index (χ1v) is 7.07. The molecule has 5 N–H and O–H groups in total. The molecular weight excluding hydrogens is 246 g/mol. The highest BCUT2D eigenvalue weighted by atomic mass is 32.1. The van der Waals surface area contributed by atoms with Crippen LogP contribution in [0.1, 0.15) is 48.0 Å². The van der Waals surface area contributed by atoms with Crippen molar-refractivity contribution in [2.45, 2.75) is 40.0 Å². The van der Waals surface area contributed by atoms with Gasteiger partial charge < -0.3 is 5.73 Å². The second-order valence-corrected chi connectivity index (χ2v) is 7.16. The van der Waals surface area contributed by atoms with Crippen molar-refractivity contribution < 1.29 is 4.79 Å². The van der Waals surface area contributed by atoms with Gasteiger partial charge in [-0.05, 0) is 36.2 Å². The number of nitrogens with one attached hydrogen (secondary N) is 1. The second-order valence-electron chi connectivity index (χ2n) is 6.02. The van der Waals surface area contributed by atoms with Crippen LogP contribution in [-0.2, 0) is 12.8 Å². The Morgan fingerprint density at radius 3 is 2.67 bits per heavy atom. The monoisotopic (exact) mass is 267 g/mol. The number of thiophene rings is 1. The van der Waals surface area contributed by atoms with E-state index >= 15 is 0 Å². The highest BCUT2D eigenvalue weighted by Crippen LogP contribution is 2.43. The Balaban J connectivity index is 2.34. The number of hydrogen-bond acceptors (Lipinski definition) is 4. The summed E-state index contributed by atoms with van der Waals surface area (Å²) in [5.74, 6) is 5.60. The molecule has 1 atom stereocenters. The number of nitrogens with two attached hydrogens (primary N) is 2. The van der Waals surface area contributed by atoms with Crippen LogP contribution < -0.4 is 17.0 Å². The Labute approximate surface area is 112 Å². The Morgan fingerprint density at radius 1 is 1.44 bits per heavy atom. The number of carbonyl (C=O) groups excluding carboxylic acids is 1. The molecule has 5 heteroatoms. The number of rotatable bonds is 1. The first kappa shape index (κ1) is 13.4. The van der Waals surface area contributed by atoms with Crippen LogP contribution in [0.4, 0.5) is 5.00 Å². The van der Waals surface area contributed by atoms with Gasteiger partial charge in [-0.15, -0.1) is 11.3 Å². The predicted octanol–water partition coefficient (Wildman–Crippen LogP) is 2.08. The quantitative estimate of drug-likeness (QED) is 0.414. The van der Waals surface area contributed by atoms with Gasteiger partial charge in [0, 0.05) is 4.88 Å². The third kappa shape index (κ3) is 2.24. The van der Waals surface area contributed by atoms with Gasteiger partial charge in [0.1, 0.15) is 0 Å². The predicted molar refractivity (Wildman–Crippen MR) is 75.4 cm³/mol. The summed E-state index contributed by atoms with van der Waals surface area (Å²) in [4.78, 5) is 13.0. The van der Waals surface area contributed by atoms with Gasteiger partial charge in [0.25, 0.3) is 5.91 Å². The third-order valence-corrected chi connectivity index (χ3v) is 4.96. The molecule has 1 aliphatic carbocycles. The van der Waals surface area contributed by atoms with Gasteiger partial charge in [0.15, 0.2) is 0 Å². The van der Waals surface area contributed by atoms with E-state index in [9.17, 15) is 4.79 Å². The van der Waals surface area contributed by atoms with Crippen molar-refractivity contribution in [2.24, 2.45) is 17.2 Å². The first-order chi connectivity index (χ1) is 8.34. The molecule has 18 heavy (non-hydrogen) atoms. The number of anilines is 1. The number of hydrazine groups is 1. The lowest BCUT2D eigenvalue weighted by molar-refractivity contribution is 0.0953. The van der Waals surface area contributed by atoms with E-state index in [4.69, 9.17) is 11.6 Å². The Bertz CT molecular complexity index is 473. The van der Waals surface area contributed by atoms with Gasteiger partial charge in [-0.3, -0.25) is 10.2 Å². The number of hydrogen-bond donors (Lipinski definition) is 3. The molecule has 0 bridgehead atoms. The number of carbonyl (C=O) groups is 1. The average molecular weight is 267 g/mol. The van der Waals surface area contributed by atoms with Crippen molar-refractivity contribution >= 4 is 22.2 Å². The highest BCUT2D eigenvalue weighted by Gasteiger charge is 2.32. The van der Waals surface area contributed by atoms with Crippen LogP contribution in [0.25, 0.3) is 0 Å². The van der Waals surface area contributed by atoms with Crippen molar-refractivity contribution in [3.8, 4) is 0 Å². The molecule has 0 aromatic carbocycles. The number of nitrogen functional groups attached to an aromatic ring is 2. The summed E-state index contributed by atoms with van der Waals surface area (Å²) in [7, 11) is 0. The fourth-order valence-corrected chi connectivity index (χ4v) is 3.86. The lowest BCUT2D eigenvalue weighted by Gasteiger charge is -2.33. The molecule has 1 unspecified atom stereocenters. The molecule has 0 spiro atoms. The minimum Gasteiger partial charge on any atom is -0.390 e. The number of amides is 1. The average Bonchev–Trinajstić information content (AvgIpc) is 2.61. The zero-order valence-corrected chi connectivity index (χ0v) is 12.0. The summed E-state index contributed by atoms with van der Waals surface area (Å²) in [6, 6.07) is 0. The van der Waals surface area contributed by atoms with Crippen LogP contribution >= 0.6 is 11.3 Å². The van der Waals surface area contributed by atoms with E-state index in [2.05, 4.69) is 26.2 Å². The summed E-state index contributed by atoms with van der Waals surface area (Å²) in [6.45, 7) is 6.81. The molecule has 100 valence electrons. The molecule has 1 heterocycles. The maximum Gasteiger partial charge on any atom is 0.268 e. The number of fused-ring (bicyclic) bond motifs is 1. The van der Waals surface area contributed by atoms with E-state index in [1.54, 1.807) is 11.3 Å². The van der Waals surface area contributed by atoms with Crippen molar-refractivity contribution in [1.82, 2.24) is 5.43 Å². The van der Waals surface area contributed by atoms with E-state index in [1.165, 1.54) is 4.88 Å². The zero-order valence-electron chi connectivity index (χ0n) is 11.2. The van der Waals surface area contributed by atoms with E-state index in [-0.39, 0.29) is 5.91 Å². The van der Waals surface area contributed by atoms with Crippen LogP contribution in [0.5, 0.6) is 0 Å². The summed E-state index contributed by atoms with van der Waals surface area (Å²) < 4.78 is 0. The summed E-state index contributed by atoms with van der Waals surface area (Å²) in [5, 5.41) is 0.595. The van der Waals surface area contributed by atoms with Crippen molar-refractivity contribution in [1.29, 1.82) is 0 Å². The maximum absolute atomic E-state index is 11.7. The Kier molecular flexibility index (Phi) is 3.38. The minimum atomic E-state index is -0.265. The van der Waals surface area contributed by atoms with Gasteiger partial charge >= 0.3 is 0 Å². The molecule has 0 radical (unpaired) electrons. The van der Waals surface area contributed by atoms with E-state index in [0.29, 0.717) is 21.9 Å². The lowest BCUT2D eigenvalue weighted by atomic mass is 9.72. The molecular formula is C13H21N3OS. The third-order valence-electron chi connectivity index (χ3n) is 3.88. The molecule has 1 aliphatic rings. The SMILES string of the molecule is CC(C)(C)C1CCc2c(sc(N)c2C(=O)NN)C1. The largest absolute Gasteiger partial charge is 0.390 e. The summed E-state index contributed by atoms with van der Waals surface area (Å²) in [5.41, 5.74) is 10.2. The van der Waals surface area contributed by atoms with Crippen LogP contribution in [0.15, 0.2) is 0 Å². The van der Waals surface area contributed by atoms with E-state index in [1.807, 2.05) is 0 Å². The molecule has 2 rings (SSSR count). The fraction of sp³-hybridized carbons (Fsp3) is 0.615. The zero-order chi connectivity index (χ0) is 13.5. The first-order valence-electron chi connectivity index (χ1n) is 6.25. The molecule has 1 aromatic heterocycles. The van der Waals surface area contributed by atoms with Crippen LogP contribution in [0.2, 0.25) is 0 Å². The second kappa shape index (κ2) is 4.55. The van der Waals surface area contributed by atoms with Crippen LogP contribution in [0.3, 0.4) is 0 Å². The van der Waals surface area contributed by atoms with E-state index in [0.717, 1.165) is 24.8 Å². The molecule has 0 saturated carbocycles. The molecule has 0 aliphatic heterocycles. The van der Waals surface area contributed by atoms with Gasteiger partial charge in [-0.1, -0.05) is 20.8 Å². The minimum absolute atomic E-state index is 0.265. The van der Waals surface area contributed by atoms with Gasteiger partial charge in [0.2, 0.25) is 0 Å². The normalized spacial score (nSPS) is 19.4. The van der Waals surface area contributed by atoms with Crippen molar-refractivity contribution in [3.05, 3.63) is 16.0 Å². The fourth-order valence-electron chi connectivity index (χ4n) is 2.67. The molecule has 4 nitrogen and oxygen atoms in total. The van der Waals surface area contributed by atoms with Gasteiger partial charge in [0.05, 0.1) is 10.6 Å². The van der Waals surface area contributed by atoms with Gasteiger partial charge in [-0.25, -0.2) is 5.84 Å². The molecule has 1 aromatic rings. The molecule has 1 amide bonds. The van der Waals surface area contributed by atoms with Crippen LogP contribution in [0, 0.1) is 11.3 Å². The van der Waals surface area contributed by atoms with Crippen molar-refractivity contribution in [3.63, 3.8) is 0 Å². The summed E-state index contributed by atoms with van der Waals surface area (Å²) >= 11 is 1.54. The lowest BCUT2D eigenvalue weighted by Crippen LogP contribution is -2.32. The van der Waals surface area contributed by atoms with Crippen LogP contribution in [-0.4, -0.2) is 5.91 Å². The smallest absolute Gasteiger partial charge is 0.268 e. The Morgan fingerprint density at radius 2 is 2.11 bits per heavy atom. The topological polar surface area (TPSA) is 81.1 Å². The highest BCUT2D eigenvalue weighted by molar-refractivity contribution is 7.16. The molecule has 0 fully saturated rings.